The van der Waals surface area contributed by atoms with Crippen LogP contribution in [0, 0.1) is 0 Å². The molecule has 136 valence electrons. The number of hydrogen-bond donors (Lipinski definition) is 1. The Hall–Kier alpha value is -2.45. The fourth-order valence-electron chi connectivity index (χ4n) is 3.15. The topological polar surface area (TPSA) is 79.6 Å². The molecule has 0 atom stereocenters. The normalized spacial score (nSPS) is 16.0. The molecule has 1 saturated heterocycles. The molecule has 0 saturated carbocycles. The first-order valence-electron chi connectivity index (χ1n) is 8.76. The Morgan fingerprint density at radius 2 is 1.92 bits per heavy atom. The van der Waals surface area contributed by atoms with Crippen LogP contribution in [0.2, 0.25) is 0 Å². The van der Waals surface area contributed by atoms with E-state index >= 15 is 0 Å². The molecule has 0 unspecified atom stereocenters. The van der Waals surface area contributed by atoms with Crippen LogP contribution >= 0.6 is 0 Å². The number of imidazole rings is 1. The van der Waals surface area contributed by atoms with Crippen molar-refractivity contribution in [2.45, 2.75) is 30.7 Å². The number of piperidine rings is 1. The Labute approximate surface area is 152 Å². The van der Waals surface area contributed by atoms with Gasteiger partial charge in [0.25, 0.3) is 0 Å². The Kier molecular flexibility index (Phi) is 4.60. The number of anilines is 1. The molecule has 1 N–H and O–H groups in total. The number of nitrogens with zero attached hydrogens (tertiary/aromatic N) is 4. The van der Waals surface area contributed by atoms with E-state index in [1.54, 1.807) is 16.4 Å². The summed E-state index contributed by atoms with van der Waals surface area (Å²) in [6.45, 7) is 1.71. The van der Waals surface area contributed by atoms with Crippen LogP contribution in [-0.2, 0) is 16.6 Å². The van der Waals surface area contributed by atoms with E-state index in [4.69, 9.17) is 0 Å². The van der Waals surface area contributed by atoms with Crippen molar-refractivity contribution in [3.63, 3.8) is 0 Å². The van der Waals surface area contributed by atoms with Gasteiger partial charge in [-0.2, -0.15) is 4.31 Å². The molecule has 1 fully saturated rings. The number of aromatic nitrogens is 3. The lowest BCUT2D eigenvalue weighted by molar-refractivity contribution is 0.346. The van der Waals surface area contributed by atoms with Crippen molar-refractivity contribution < 1.29 is 8.42 Å². The van der Waals surface area contributed by atoms with Crippen molar-refractivity contribution in [3.8, 4) is 0 Å². The molecular formula is C18H21N5O2S. The summed E-state index contributed by atoms with van der Waals surface area (Å²) in [7, 11) is -3.44. The highest BCUT2D eigenvalue weighted by molar-refractivity contribution is 7.89. The molecule has 4 heterocycles. The molecule has 8 heteroatoms. The minimum absolute atomic E-state index is 0.248. The molecule has 3 aromatic heterocycles. The Bertz CT molecular complexity index is 959. The summed E-state index contributed by atoms with van der Waals surface area (Å²) in [5, 5.41) is 3.18. The average molecular weight is 371 g/mol. The summed E-state index contributed by atoms with van der Waals surface area (Å²) in [6, 6.07) is 9.16. The molecule has 7 nitrogen and oxygen atoms in total. The lowest BCUT2D eigenvalue weighted by Crippen LogP contribution is -2.35. The summed E-state index contributed by atoms with van der Waals surface area (Å²) >= 11 is 0. The maximum atomic E-state index is 12.6. The standard InChI is InChI=1S/C18H21N5O2S/c24-26(25,23-10-3-1-4-11-23)16-7-8-17(20-13-16)19-12-15-14-22-9-5-2-6-18(22)21-15/h2,5-9,13-14H,1,3-4,10-12H2,(H,19,20). The molecule has 0 bridgehead atoms. The van der Waals surface area contributed by atoms with Crippen molar-refractivity contribution in [2.75, 3.05) is 18.4 Å². The van der Waals surface area contributed by atoms with Gasteiger partial charge in [0.1, 0.15) is 16.4 Å². The van der Waals surface area contributed by atoms with E-state index in [0.717, 1.165) is 30.6 Å². The van der Waals surface area contributed by atoms with E-state index in [-0.39, 0.29) is 4.90 Å². The van der Waals surface area contributed by atoms with Crippen molar-refractivity contribution in [1.29, 1.82) is 0 Å². The zero-order valence-corrected chi connectivity index (χ0v) is 15.2. The number of sulfonamides is 1. The van der Waals surface area contributed by atoms with Gasteiger partial charge in [0.05, 0.1) is 12.2 Å². The third kappa shape index (κ3) is 3.42. The van der Waals surface area contributed by atoms with Crippen LogP contribution in [-0.4, -0.2) is 40.2 Å². The monoisotopic (exact) mass is 371 g/mol. The van der Waals surface area contributed by atoms with Crippen LogP contribution in [0.15, 0.2) is 53.8 Å². The highest BCUT2D eigenvalue weighted by atomic mass is 32.2. The van der Waals surface area contributed by atoms with Gasteiger partial charge in [-0.1, -0.05) is 12.5 Å². The fourth-order valence-corrected chi connectivity index (χ4v) is 4.61. The molecule has 0 aliphatic carbocycles. The van der Waals surface area contributed by atoms with Crippen LogP contribution < -0.4 is 5.32 Å². The lowest BCUT2D eigenvalue weighted by Gasteiger charge is -2.25. The highest BCUT2D eigenvalue weighted by Gasteiger charge is 2.26. The third-order valence-electron chi connectivity index (χ3n) is 4.55. The second-order valence-electron chi connectivity index (χ2n) is 6.40. The van der Waals surface area contributed by atoms with Crippen molar-refractivity contribution in [2.24, 2.45) is 0 Å². The molecule has 3 aromatic rings. The lowest BCUT2D eigenvalue weighted by atomic mass is 10.2. The zero-order chi connectivity index (χ0) is 18.0. The number of hydrogen-bond acceptors (Lipinski definition) is 5. The maximum Gasteiger partial charge on any atom is 0.244 e. The Balaban J connectivity index is 1.44. The fraction of sp³-hybridized carbons (Fsp3) is 0.333. The van der Waals surface area contributed by atoms with E-state index < -0.39 is 10.0 Å². The van der Waals surface area contributed by atoms with Crippen LogP contribution in [0.3, 0.4) is 0 Å². The van der Waals surface area contributed by atoms with Gasteiger partial charge in [-0.25, -0.2) is 18.4 Å². The molecule has 0 radical (unpaired) electrons. The molecular weight excluding hydrogens is 350 g/mol. The van der Waals surface area contributed by atoms with Gasteiger partial charge in [0.15, 0.2) is 0 Å². The van der Waals surface area contributed by atoms with Crippen LogP contribution in [0.25, 0.3) is 5.65 Å². The molecule has 1 aliphatic rings. The molecule has 0 spiro atoms. The maximum absolute atomic E-state index is 12.6. The van der Waals surface area contributed by atoms with E-state index in [9.17, 15) is 8.42 Å². The molecule has 1 aliphatic heterocycles. The van der Waals surface area contributed by atoms with Gasteiger partial charge in [-0.3, -0.25) is 0 Å². The quantitative estimate of drug-likeness (QED) is 0.745. The smallest absolute Gasteiger partial charge is 0.244 e. The third-order valence-corrected chi connectivity index (χ3v) is 6.44. The second kappa shape index (κ2) is 7.05. The minimum atomic E-state index is -3.44. The van der Waals surface area contributed by atoms with Gasteiger partial charge in [0.2, 0.25) is 10.0 Å². The van der Waals surface area contributed by atoms with E-state index in [2.05, 4.69) is 15.3 Å². The first kappa shape index (κ1) is 17.0. The van der Waals surface area contributed by atoms with Crippen LogP contribution in [0.4, 0.5) is 5.82 Å². The van der Waals surface area contributed by atoms with Crippen molar-refractivity contribution in [3.05, 3.63) is 54.6 Å². The summed E-state index contributed by atoms with van der Waals surface area (Å²) in [5.74, 6) is 0.625. The Morgan fingerprint density at radius 3 is 2.65 bits per heavy atom. The number of nitrogens with one attached hydrogen (secondary N) is 1. The SMILES string of the molecule is O=S(=O)(c1ccc(NCc2cn3ccccc3n2)nc1)N1CCCCC1. The molecule has 0 amide bonds. The molecule has 26 heavy (non-hydrogen) atoms. The molecule has 4 rings (SSSR count). The summed E-state index contributed by atoms with van der Waals surface area (Å²) in [4.78, 5) is 9.02. The van der Waals surface area contributed by atoms with Gasteiger partial charge in [0, 0.05) is 31.7 Å². The van der Waals surface area contributed by atoms with E-state index in [1.807, 2.05) is 35.0 Å². The summed E-state index contributed by atoms with van der Waals surface area (Å²) < 4.78 is 28.8. The second-order valence-corrected chi connectivity index (χ2v) is 8.33. The number of rotatable bonds is 5. The zero-order valence-electron chi connectivity index (χ0n) is 14.4. The van der Waals surface area contributed by atoms with E-state index in [1.165, 1.54) is 6.20 Å². The van der Waals surface area contributed by atoms with Gasteiger partial charge < -0.3 is 9.72 Å². The van der Waals surface area contributed by atoms with Crippen molar-refractivity contribution in [1.82, 2.24) is 18.7 Å². The van der Waals surface area contributed by atoms with Crippen LogP contribution in [0.1, 0.15) is 25.0 Å². The summed E-state index contributed by atoms with van der Waals surface area (Å²) in [5.41, 5.74) is 1.78. The van der Waals surface area contributed by atoms with Gasteiger partial charge >= 0.3 is 0 Å². The predicted molar refractivity (Wildman–Crippen MR) is 99.4 cm³/mol. The average Bonchev–Trinajstić information content (AvgIpc) is 3.10. The van der Waals surface area contributed by atoms with Crippen LogP contribution in [0.5, 0.6) is 0 Å². The number of pyridine rings is 2. The minimum Gasteiger partial charge on any atom is -0.364 e. The largest absolute Gasteiger partial charge is 0.364 e. The van der Waals surface area contributed by atoms with E-state index in [0.29, 0.717) is 25.5 Å². The first-order valence-corrected chi connectivity index (χ1v) is 10.2. The number of fused-ring (bicyclic) bond motifs is 1. The first-order chi connectivity index (χ1) is 12.6. The summed E-state index contributed by atoms with van der Waals surface area (Å²) in [6.07, 6.45) is 8.27. The predicted octanol–water partition coefficient (Wildman–Crippen LogP) is 2.52. The highest BCUT2D eigenvalue weighted by Crippen LogP contribution is 2.20. The Morgan fingerprint density at radius 1 is 1.08 bits per heavy atom. The van der Waals surface area contributed by atoms with Gasteiger partial charge in [-0.05, 0) is 37.1 Å². The van der Waals surface area contributed by atoms with Crippen molar-refractivity contribution >= 4 is 21.5 Å². The molecule has 0 aromatic carbocycles. The van der Waals surface area contributed by atoms with Gasteiger partial charge in [-0.15, -0.1) is 0 Å².